The van der Waals surface area contributed by atoms with Gasteiger partial charge in [0.1, 0.15) is 0 Å². The van der Waals surface area contributed by atoms with Crippen molar-refractivity contribution in [2.45, 2.75) is 96.5 Å². The zero-order chi connectivity index (χ0) is 20.2. The van der Waals surface area contributed by atoms with Crippen LogP contribution in [0.3, 0.4) is 0 Å². The van der Waals surface area contributed by atoms with Gasteiger partial charge in [-0.25, -0.2) is 0 Å². The standard InChI is InChI=1S/C27H45NO/c1-19(18-28-15-5-4-6-16-28)24-9-10-25-23-8-7-20-17-26(2,29)13-11-21(20)22(23)12-14-27(24,25)3/h20-25,29H,1,4-18H2,2-3H3/t20-,21+,22-,23-,24-,25+,26+,27-/m1/s1. The van der Waals surface area contributed by atoms with Gasteiger partial charge < -0.3 is 5.11 Å². The molecule has 2 heteroatoms. The fraction of sp³-hybridized carbons (Fsp3) is 0.926. The molecule has 0 aromatic heterocycles. The Morgan fingerprint density at radius 1 is 0.897 bits per heavy atom. The summed E-state index contributed by atoms with van der Waals surface area (Å²) in [6.45, 7) is 13.2. The van der Waals surface area contributed by atoms with Gasteiger partial charge >= 0.3 is 0 Å². The molecule has 1 aliphatic heterocycles. The predicted molar refractivity (Wildman–Crippen MR) is 121 cm³/mol. The van der Waals surface area contributed by atoms with Crippen LogP contribution in [-0.4, -0.2) is 35.2 Å². The summed E-state index contributed by atoms with van der Waals surface area (Å²) in [6.07, 6.45) is 16.1. The smallest absolute Gasteiger partial charge is 0.0622 e. The van der Waals surface area contributed by atoms with E-state index in [1.54, 1.807) is 5.57 Å². The second kappa shape index (κ2) is 7.66. The average molecular weight is 400 g/mol. The normalized spacial score (nSPS) is 50.4. The van der Waals surface area contributed by atoms with E-state index in [9.17, 15) is 5.11 Å². The summed E-state index contributed by atoms with van der Waals surface area (Å²) in [5, 5.41) is 10.6. The molecule has 5 fully saturated rings. The minimum Gasteiger partial charge on any atom is -0.390 e. The molecule has 1 N–H and O–H groups in total. The minimum absolute atomic E-state index is 0.387. The molecule has 0 unspecified atom stereocenters. The first-order chi connectivity index (χ1) is 13.9. The van der Waals surface area contributed by atoms with E-state index < -0.39 is 0 Å². The van der Waals surface area contributed by atoms with Gasteiger partial charge in [0.2, 0.25) is 0 Å². The molecule has 2 nitrogen and oxygen atoms in total. The lowest BCUT2D eigenvalue weighted by atomic mass is 9.49. The highest BCUT2D eigenvalue weighted by molar-refractivity contribution is 5.16. The summed E-state index contributed by atoms with van der Waals surface area (Å²) in [5.41, 5.74) is 1.70. The molecule has 0 aromatic carbocycles. The number of piperidine rings is 1. The van der Waals surface area contributed by atoms with Crippen LogP contribution < -0.4 is 0 Å². The minimum atomic E-state index is -0.387. The second-order valence-electron chi connectivity index (χ2n) is 12.3. The Bertz CT molecular complexity index is 620. The second-order valence-corrected chi connectivity index (χ2v) is 12.3. The van der Waals surface area contributed by atoms with Crippen LogP contribution in [-0.2, 0) is 0 Å². The van der Waals surface area contributed by atoms with Crippen LogP contribution in [0.5, 0.6) is 0 Å². The number of aliphatic hydroxyl groups is 1. The van der Waals surface area contributed by atoms with E-state index in [1.807, 2.05) is 0 Å². The molecule has 0 radical (unpaired) electrons. The van der Waals surface area contributed by atoms with Crippen LogP contribution in [0.15, 0.2) is 12.2 Å². The summed E-state index contributed by atoms with van der Waals surface area (Å²) in [5.74, 6) is 5.33. The van der Waals surface area contributed by atoms with Gasteiger partial charge in [0.25, 0.3) is 0 Å². The lowest BCUT2D eigenvalue weighted by Crippen LogP contribution is -2.50. The van der Waals surface area contributed by atoms with E-state index in [4.69, 9.17) is 0 Å². The zero-order valence-corrected chi connectivity index (χ0v) is 19.2. The molecule has 0 amide bonds. The molecule has 1 saturated heterocycles. The predicted octanol–water partition coefficient (Wildman–Crippen LogP) is 6.05. The molecule has 29 heavy (non-hydrogen) atoms. The van der Waals surface area contributed by atoms with Crippen LogP contribution in [0.4, 0.5) is 0 Å². The van der Waals surface area contributed by atoms with E-state index in [0.29, 0.717) is 5.41 Å². The first kappa shape index (κ1) is 20.6. The Morgan fingerprint density at radius 3 is 2.45 bits per heavy atom. The van der Waals surface area contributed by atoms with Gasteiger partial charge in [0.05, 0.1) is 5.60 Å². The molecule has 5 rings (SSSR count). The van der Waals surface area contributed by atoms with E-state index in [2.05, 4.69) is 25.3 Å². The maximum Gasteiger partial charge on any atom is 0.0622 e. The van der Waals surface area contributed by atoms with Gasteiger partial charge in [0, 0.05) is 6.54 Å². The fourth-order valence-corrected chi connectivity index (χ4v) is 9.27. The van der Waals surface area contributed by atoms with Crippen LogP contribution >= 0.6 is 0 Å². The summed E-state index contributed by atoms with van der Waals surface area (Å²) < 4.78 is 0. The first-order valence-electron chi connectivity index (χ1n) is 13.0. The highest BCUT2D eigenvalue weighted by Crippen LogP contribution is 2.65. The van der Waals surface area contributed by atoms with Gasteiger partial charge in [-0.1, -0.05) is 25.5 Å². The highest BCUT2D eigenvalue weighted by atomic mass is 16.3. The summed E-state index contributed by atoms with van der Waals surface area (Å²) in [4.78, 5) is 2.69. The molecule has 5 aliphatic rings. The number of hydrogen-bond donors (Lipinski definition) is 1. The molecular formula is C27H45NO. The monoisotopic (exact) mass is 399 g/mol. The van der Waals surface area contributed by atoms with Gasteiger partial charge in [-0.2, -0.15) is 0 Å². The Morgan fingerprint density at radius 2 is 1.66 bits per heavy atom. The topological polar surface area (TPSA) is 23.5 Å². The molecule has 8 atom stereocenters. The van der Waals surface area contributed by atoms with Gasteiger partial charge in [-0.05, 0) is 132 Å². The third-order valence-corrected chi connectivity index (χ3v) is 10.6. The largest absolute Gasteiger partial charge is 0.390 e. The molecule has 164 valence electrons. The van der Waals surface area contributed by atoms with Crippen molar-refractivity contribution < 1.29 is 5.11 Å². The molecule has 0 bridgehead atoms. The molecule has 4 saturated carbocycles. The first-order valence-corrected chi connectivity index (χ1v) is 13.0. The molecular weight excluding hydrogens is 354 g/mol. The van der Waals surface area contributed by atoms with Crippen molar-refractivity contribution in [1.29, 1.82) is 0 Å². The lowest BCUT2D eigenvalue weighted by molar-refractivity contribution is -0.0979. The molecule has 0 aromatic rings. The summed E-state index contributed by atoms with van der Waals surface area (Å²) >= 11 is 0. The Labute approximate surface area is 179 Å². The summed E-state index contributed by atoms with van der Waals surface area (Å²) in [7, 11) is 0. The van der Waals surface area contributed by atoms with Crippen molar-refractivity contribution in [2.24, 2.45) is 40.9 Å². The summed E-state index contributed by atoms with van der Waals surface area (Å²) in [6, 6.07) is 0. The van der Waals surface area contributed by atoms with Crippen LogP contribution in [0.1, 0.15) is 90.9 Å². The molecule has 1 heterocycles. The maximum absolute atomic E-state index is 10.6. The highest BCUT2D eigenvalue weighted by Gasteiger charge is 2.57. The molecule has 0 spiro atoms. The van der Waals surface area contributed by atoms with Crippen molar-refractivity contribution in [3.63, 3.8) is 0 Å². The van der Waals surface area contributed by atoms with Crippen molar-refractivity contribution >= 4 is 0 Å². The third-order valence-electron chi connectivity index (χ3n) is 10.6. The number of hydrogen-bond acceptors (Lipinski definition) is 2. The number of fused-ring (bicyclic) bond motifs is 5. The van der Waals surface area contributed by atoms with Crippen LogP contribution in [0.25, 0.3) is 0 Å². The van der Waals surface area contributed by atoms with Crippen LogP contribution in [0.2, 0.25) is 0 Å². The number of rotatable bonds is 3. The lowest BCUT2D eigenvalue weighted by Gasteiger charge is -2.57. The third kappa shape index (κ3) is 3.65. The fourth-order valence-electron chi connectivity index (χ4n) is 9.27. The van der Waals surface area contributed by atoms with Crippen molar-refractivity contribution in [2.75, 3.05) is 19.6 Å². The average Bonchev–Trinajstić information content (AvgIpc) is 3.05. The Kier molecular flexibility index (Phi) is 5.43. The van der Waals surface area contributed by atoms with E-state index in [1.165, 1.54) is 83.8 Å². The molecule has 4 aliphatic carbocycles. The van der Waals surface area contributed by atoms with Crippen LogP contribution in [0, 0.1) is 40.9 Å². The number of likely N-dealkylation sites (tertiary alicyclic amines) is 1. The van der Waals surface area contributed by atoms with Crippen molar-refractivity contribution in [3.8, 4) is 0 Å². The van der Waals surface area contributed by atoms with Gasteiger partial charge in [-0.15, -0.1) is 0 Å². The van der Waals surface area contributed by atoms with E-state index in [0.717, 1.165) is 48.3 Å². The van der Waals surface area contributed by atoms with Gasteiger partial charge in [0.15, 0.2) is 0 Å². The number of nitrogens with zero attached hydrogens (tertiary/aromatic N) is 1. The Balaban J connectivity index is 1.28. The van der Waals surface area contributed by atoms with Gasteiger partial charge in [-0.3, -0.25) is 4.90 Å². The van der Waals surface area contributed by atoms with Crippen molar-refractivity contribution in [1.82, 2.24) is 4.90 Å². The quantitative estimate of drug-likeness (QED) is 0.584. The zero-order valence-electron chi connectivity index (χ0n) is 19.2. The van der Waals surface area contributed by atoms with E-state index >= 15 is 0 Å². The Hall–Kier alpha value is -0.340. The van der Waals surface area contributed by atoms with E-state index in [-0.39, 0.29) is 5.60 Å². The SMILES string of the molecule is C=C(CN1CCCCC1)[C@H]1CC[C@H]2[C@@H]3CC[C@@H]4C[C@@](C)(O)CC[C@@H]4[C@H]3CC[C@]12C. The maximum atomic E-state index is 10.6. The van der Waals surface area contributed by atoms with Crippen molar-refractivity contribution in [3.05, 3.63) is 12.2 Å².